The molecule has 0 aliphatic rings. The van der Waals surface area contributed by atoms with E-state index in [9.17, 15) is 4.79 Å². The fraction of sp³-hybridized carbons (Fsp3) is 0. The van der Waals surface area contributed by atoms with Crippen molar-refractivity contribution in [3.05, 3.63) is 103 Å². The van der Waals surface area contributed by atoms with Crippen molar-refractivity contribution in [2.24, 2.45) is 0 Å². The highest BCUT2D eigenvalue weighted by molar-refractivity contribution is 6.03. The number of carbonyl (C=O) groups is 1. The second-order valence-corrected chi connectivity index (χ2v) is 6.61. The molecule has 0 spiro atoms. The maximum atomic E-state index is 12.8. The maximum absolute atomic E-state index is 12.8. The van der Waals surface area contributed by atoms with E-state index in [-0.39, 0.29) is 5.91 Å². The van der Waals surface area contributed by atoms with E-state index < -0.39 is 0 Å². The summed E-state index contributed by atoms with van der Waals surface area (Å²) >= 11 is 0. The zero-order valence-corrected chi connectivity index (χ0v) is 15.4. The van der Waals surface area contributed by atoms with Gasteiger partial charge in [0.15, 0.2) is 0 Å². The van der Waals surface area contributed by atoms with Gasteiger partial charge >= 0.3 is 0 Å². The summed E-state index contributed by atoms with van der Waals surface area (Å²) in [6.45, 7) is 0. The molecule has 140 valence electrons. The van der Waals surface area contributed by atoms with Crippen LogP contribution in [-0.4, -0.2) is 24.8 Å². The van der Waals surface area contributed by atoms with Crippen LogP contribution < -0.4 is 5.32 Å². The van der Waals surface area contributed by atoms with Crippen molar-refractivity contribution < 1.29 is 4.79 Å². The lowest BCUT2D eigenvalue weighted by Crippen LogP contribution is -2.16. The molecule has 0 aliphatic heterocycles. The van der Waals surface area contributed by atoms with E-state index in [1.807, 2.05) is 89.6 Å². The van der Waals surface area contributed by atoms with Crippen molar-refractivity contribution in [2.75, 3.05) is 5.32 Å². The van der Waals surface area contributed by atoms with Crippen LogP contribution in [0.15, 0.2) is 97.7 Å². The number of aromatic nitrogens is 4. The second-order valence-electron chi connectivity index (χ2n) is 6.61. The summed E-state index contributed by atoms with van der Waals surface area (Å²) < 4.78 is 3.75. The van der Waals surface area contributed by atoms with Gasteiger partial charge in [-0.25, -0.2) is 9.97 Å². The van der Waals surface area contributed by atoms with Gasteiger partial charge in [-0.3, -0.25) is 9.36 Å². The molecule has 1 amide bonds. The van der Waals surface area contributed by atoms with Gasteiger partial charge in [0.2, 0.25) is 0 Å². The van der Waals surface area contributed by atoms with Crippen LogP contribution in [-0.2, 0) is 0 Å². The fourth-order valence-corrected chi connectivity index (χ4v) is 3.25. The lowest BCUT2D eigenvalue weighted by atomic mass is 10.1. The van der Waals surface area contributed by atoms with Gasteiger partial charge in [-0.2, -0.15) is 0 Å². The molecular weight excluding hydrogens is 362 g/mol. The summed E-state index contributed by atoms with van der Waals surface area (Å²) in [5.74, 6) is -0.216. The molecule has 29 heavy (non-hydrogen) atoms. The molecule has 2 aromatic carbocycles. The largest absolute Gasteiger partial charge is 0.321 e. The Balaban J connectivity index is 1.36. The van der Waals surface area contributed by atoms with Gasteiger partial charge in [0.05, 0.1) is 18.2 Å². The number of anilines is 1. The Morgan fingerprint density at radius 1 is 0.897 bits per heavy atom. The number of carbonyl (C=O) groups excluding carboxylic acids is 1. The average Bonchev–Trinajstić information content (AvgIpc) is 3.42. The minimum absolute atomic E-state index is 0.216. The minimum atomic E-state index is -0.216. The zero-order chi connectivity index (χ0) is 19.6. The summed E-state index contributed by atoms with van der Waals surface area (Å²) in [5, 5.41) is 2.93. The molecule has 5 rings (SSSR count). The second kappa shape index (κ2) is 7.09. The number of rotatable bonds is 4. The number of benzene rings is 2. The molecule has 6 nitrogen and oxygen atoms in total. The third kappa shape index (κ3) is 3.27. The van der Waals surface area contributed by atoms with Gasteiger partial charge in [0, 0.05) is 29.3 Å². The van der Waals surface area contributed by atoms with Crippen LogP contribution in [0.2, 0.25) is 0 Å². The summed E-state index contributed by atoms with van der Waals surface area (Å²) in [6, 6.07) is 23.2. The SMILES string of the molecule is O=C(Nc1ccc(-c2cn3ccccc3n2)cc1)c1cncn1-c1ccccc1. The molecule has 0 saturated heterocycles. The summed E-state index contributed by atoms with van der Waals surface area (Å²) in [7, 11) is 0. The quantitative estimate of drug-likeness (QED) is 0.502. The predicted molar refractivity (Wildman–Crippen MR) is 112 cm³/mol. The Morgan fingerprint density at radius 3 is 2.48 bits per heavy atom. The molecule has 0 radical (unpaired) electrons. The van der Waals surface area contributed by atoms with Gasteiger partial charge < -0.3 is 9.72 Å². The molecule has 0 atom stereocenters. The van der Waals surface area contributed by atoms with E-state index >= 15 is 0 Å². The number of pyridine rings is 1. The van der Waals surface area contributed by atoms with E-state index in [4.69, 9.17) is 0 Å². The minimum Gasteiger partial charge on any atom is -0.321 e. The number of amides is 1. The lowest BCUT2D eigenvalue weighted by Gasteiger charge is -2.09. The van der Waals surface area contributed by atoms with Crippen molar-refractivity contribution in [1.82, 2.24) is 18.9 Å². The molecule has 0 saturated carbocycles. The highest BCUT2D eigenvalue weighted by Gasteiger charge is 2.13. The molecule has 0 bridgehead atoms. The Bertz CT molecular complexity index is 1250. The normalized spacial score (nSPS) is 10.9. The van der Waals surface area contributed by atoms with Crippen LogP contribution in [0.3, 0.4) is 0 Å². The summed E-state index contributed by atoms with van der Waals surface area (Å²) in [5.41, 5.74) is 4.84. The number of fused-ring (bicyclic) bond motifs is 1. The first-order valence-corrected chi connectivity index (χ1v) is 9.21. The first-order valence-electron chi connectivity index (χ1n) is 9.21. The van der Waals surface area contributed by atoms with E-state index in [2.05, 4.69) is 15.3 Å². The van der Waals surface area contributed by atoms with Crippen molar-refractivity contribution in [1.29, 1.82) is 0 Å². The number of nitrogens with one attached hydrogen (secondary N) is 1. The van der Waals surface area contributed by atoms with E-state index in [0.29, 0.717) is 11.4 Å². The average molecular weight is 379 g/mol. The van der Waals surface area contributed by atoms with Crippen LogP contribution in [0, 0.1) is 0 Å². The van der Waals surface area contributed by atoms with Crippen LogP contribution in [0.5, 0.6) is 0 Å². The zero-order valence-electron chi connectivity index (χ0n) is 15.4. The first kappa shape index (κ1) is 16.9. The highest BCUT2D eigenvalue weighted by atomic mass is 16.2. The number of imidazole rings is 2. The molecule has 3 heterocycles. The Labute approximate surface area is 167 Å². The summed E-state index contributed by atoms with van der Waals surface area (Å²) in [4.78, 5) is 21.5. The predicted octanol–water partition coefficient (Wildman–Crippen LogP) is 4.44. The molecule has 6 heteroatoms. The van der Waals surface area contributed by atoms with Crippen LogP contribution >= 0.6 is 0 Å². The molecule has 0 unspecified atom stereocenters. The lowest BCUT2D eigenvalue weighted by molar-refractivity contribution is 0.102. The smallest absolute Gasteiger partial charge is 0.274 e. The molecular formula is C23H17N5O. The monoisotopic (exact) mass is 379 g/mol. The van der Waals surface area contributed by atoms with Crippen molar-refractivity contribution >= 4 is 17.2 Å². The molecule has 0 aliphatic carbocycles. The molecule has 0 fully saturated rings. The van der Waals surface area contributed by atoms with Gasteiger partial charge in [-0.1, -0.05) is 36.4 Å². The number of para-hydroxylation sites is 1. The van der Waals surface area contributed by atoms with Crippen LogP contribution in [0.4, 0.5) is 5.69 Å². The van der Waals surface area contributed by atoms with Gasteiger partial charge in [0.25, 0.3) is 5.91 Å². The number of hydrogen-bond acceptors (Lipinski definition) is 3. The van der Waals surface area contributed by atoms with Crippen LogP contribution in [0.1, 0.15) is 10.5 Å². The molecule has 3 aromatic heterocycles. The summed E-state index contributed by atoms with van der Waals surface area (Å²) in [6.07, 6.45) is 7.15. The van der Waals surface area contributed by atoms with Crippen molar-refractivity contribution in [3.63, 3.8) is 0 Å². The highest BCUT2D eigenvalue weighted by Crippen LogP contribution is 2.22. The maximum Gasteiger partial charge on any atom is 0.274 e. The van der Waals surface area contributed by atoms with E-state index in [0.717, 1.165) is 22.6 Å². The fourth-order valence-electron chi connectivity index (χ4n) is 3.25. The third-order valence-electron chi connectivity index (χ3n) is 4.71. The van der Waals surface area contributed by atoms with Gasteiger partial charge in [-0.05, 0) is 36.4 Å². The van der Waals surface area contributed by atoms with Crippen molar-refractivity contribution in [2.45, 2.75) is 0 Å². The Morgan fingerprint density at radius 2 is 1.69 bits per heavy atom. The Kier molecular flexibility index (Phi) is 4.14. The standard InChI is InChI=1S/C23H17N5O/c29-23(21-14-24-16-28(21)19-6-2-1-3-7-19)25-18-11-9-17(10-12-18)20-15-27-13-5-4-8-22(27)26-20/h1-16H,(H,25,29). The van der Waals surface area contributed by atoms with Crippen LogP contribution in [0.25, 0.3) is 22.6 Å². The topological polar surface area (TPSA) is 64.2 Å². The molecule has 5 aromatic rings. The number of hydrogen-bond donors (Lipinski definition) is 1. The first-order chi connectivity index (χ1) is 14.3. The van der Waals surface area contributed by atoms with E-state index in [1.54, 1.807) is 17.1 Å². The molecule has 1 N–H and O–H groups in total. The van der Waals surface area contributed by atoms with Crippen molar-refractivity contribution in [3.8, 4) is 16.9 Å². The number of nitrogens with zero attached hydrogens (tertiary/aromatic N) is 4. The van der Waals surface area contributed by atoms with Gasteiger partial charge in [-0.15, -0.1) is 0 Å². The Hall–Kier alpha value is -4.19. The van der Waals surface area contributed by atoms with Gasteiger partial charge in [0.1, 0.15) is 11.3 Å². The third-order valence-corrected chi connectivity index (χ3v) is 4.71. The van der Waals surface area contributed by atoms with E-state index in [1.165, 1.54) is 0 Å².